The molecule has 2 rings (SSSR count). The largest absolute Gasteiger partial charge is 0.379 e. The summed E-state index contributed by atoms with van der Waals surface area (Å²) in [4.78, 5) is 2.42. The molecule has 1 aliphatic carbocycles. The SMILES string of the molecule is CC1CCCC(NC(=S)NCCN2CCOCC2)C1C. The van der Waals surface area contributed by atoms with Gasteiger partial charge in [-0.1, -0.05) is 26.7 Å². The van der Waals surface area contributed by atoms with Gasteiger partial charge in [0.1, 0.15) is 0 Å². The first kappa shape index (κ1) is 16.0. The minimum absolute atomic E-state index is 0.544. The van der Waals surface area contributed by atoms with Gasteiger partial charge in [0.15, 0.2) is 5.11 Å². The van der Waals surface area contributed by atoms with Crippen LogP contribution >= 0.6 is 12.2 Å². The zero-order chi connectivity index (χ0) is 14.4. The molecule has 0 amide bonds. The summed E-state index contributed by atoms with van der Waals surface area (Å²) >= 11 is 5.43. The molecule has 4 nitrogen and oxygen atoms in total. The van der Waals surface area contributed by atoms with Crippen molar-refractivity contribution in [3.8, 4) is 0 Å². The van der Waals surface area contributed by atoms with Crippen LogP contribution in [0.2, 0.25) is 0 Å². The van der Waals surface area contributed by atoms with Crippen LogP contribution in [0.4, 0.5) is 0 Å². The molecule has 1 heterocycles. The summed E-state index contributed by atoms with van der Waals surface area (Å²) < 4.78 is 5.35. The summed E-state index contributed by atoms with van der Waals surface area (Å²) in [6, 6.07) is 0.544. The van der Waals surface area contributed by atoms with Crippen LogP contribution in [0.15, 0.2) is 0 Å². The number of rotatable bonds is 4. The van der Waals surface area contributed by atoms with Crippen LogP contribution in [0.1, 0.15) is 33.1 Å². The summed E-state index contributed by atoms with van der Waals surface area (Å²) in [7, 11) is 0. The van der Waals surface area contributed by atoms with Crippen LogP contribution < -0.4 is 10.6 Å². The first-order valence-corrected chi connectivity index (χ1v) is 8.42. The number of thiocarbonyl (C=S) groups is 1. The number of hydrogen-bond donors (Lipinski definition) is 2. The van der Waals surface area contributed by atoms with E-state index in [0.29, 0.717) is 12.0 Å². The molecular weight excluding hydrogens is 270 g/mol. The van der Waals surface area contributed by atoms with Crippen LogP contribution in [0.25, 0.3) is 0 Å². The van der Waals surface area contributed by atoms with Crippen LogP contribution in [0.5, 0.6) is 0 Å². The van der Waals surface area contributed by atoms with E-state index < -0.39 is 0 Å². The second-order valence-corrected chi connectivity index (χ2v) is 6.64. The van der Waals surface area contributed by atoms with Crippen molar-refractivity contribution < 1.29 is 4.74 Å². The van der Waals surface area contributed by atoms with Crippen molar-refractivity contribution in [2.75, 3.05) is 39.4 Å². The number of hydrogen-bond acceptors (Lipinski definition) is 3. The van der Waals surface area contributed by atoms with E-state index in [1.54, 1.807) is 0 Å². The molecule has 2 aliphatic rings. The molecule has 0 aromatic rings. The van der Waals surface area contributed by atoms with Crippen LogP contribution in [0, 0.1) is 11.8 Å². The molecule has 0 bridgehead atoms. The highest BCUT2D eigenvalue weighted by Crippen LogP contribution is 2.29. The minimum Gasteiger partial charge on any atom is -0.379 e. The smallest absolute Gasteiger partial charge is 0.166 e. The van der Waals surface area contributed by atoms with Gasteiger partial charge in [-0.2, -0.15) is 0 Å². The van der Waals surface area contributed by atoms with Crippen LogP contribution in [0.3, 0.4) is 0 Å². The Kier molecular flexibility index (Phi) is 6.52. The molecule has 2 N–H and O–H groups in total. The number of nitrogens with zero attached hydrogens (tertiary/aromatic N) is 1. The molecular formula is C15H29N3OS. The van der Waals surface area contributed by atoms with Crippen molar-refractivity contribution in [2.24, 2.45) is 11.8 Å². The molecule has 0 spiro atoms. The molecule has 116 valence electrons. The Hall–Kier alpha value is -0.390. The lowest BCUT2D eigenvalue weighted by Gasteiger charge is -2.35. The Morgan fingerprint density at radius 1 is 1.25 bits per heavy atom. The lowest BCUT2D eigenvalue weighted by molar-refractivity contribution is 0.0389. The Balaban J connectivity index is 1.62. The van der Waals surface area contributed by atoms with Gasteiger partial charge in [-0.15, -0.1) is 0 Å². The molecule has 2 fully saturated rings. The third kappa shape index (κ3) is 4.86. The normalized spacial score (nSPS) is 31.8. The third-order valence-electron chi connectivity index (χ3n) is 4.84. The molecule has 3 unspecified atom stereocenters. The van der Waals surface area contributed by atoms with E-state index in [2.05, 4.69) is 29.4 Å². The van der Waals surface area contributed by atoms with Gasteiger partial charge >= 0.3 is 0 Å². The first-order valence-electron chi connectivity index (χ1n) is 8.01. The van der Waals surface area contributed by atoms with E-state index in [9.17, 15) is 0 Å². The fourth-order valence-electron chi connectivity index (χ4n) is 3.16. The van der Waals surface area contributed by atoms with Crippen molar-refractivity contribution in [3.63, 3.8) is 0 Å². The van der Waals surface area contributed by atoms with Crippen molar-refractivity contribution in [1.82, 2.24) is 15.5 Å². The van der Waals surface area contributed by atoms with Gasteiger partial charge in [0.2, 0.25) is 0 Å². The zero-order valence-electron chi connectivity index (χ0n) is 12.9. The predicted molar refractivity (Wildman–Crippen MR) is 87.0 cm³/mol. The van der Waals surface area contributed by atoms with Crippen molar-refractivity contribution in [1.29, 1.82) is 0 Å². The van der Waals surface area contributed by atoms with Gasteiger partial charge in [0.25, 0.3) is 0 Å². The second kappa shape index (κ2) is 8.15. The Morgan fingerprint density at radius 3 is 2.75 bits per heavy atom. The van der Waals surface area contributed by atoms with Gasteiger partial charge < -0.3 is 15.4 Å². The molecule has 0 aromatic carbocycles. The summed E-state index contributed by atoms with van der Waals surface area (Å²) in [5.41, 5.74) is 0. The van der Waals surface area contributed by atoms with E-state index in [0.717, 1.165) is 50.4 Å². The highest BCUT2D eigenvalue weighted by atomic mass is 32.1. The van der Waals surface area contributed by atoms with E-state index in [-0.39, 0.29) is 0 Å². The summed E-state index contributed by atoms with van der Waals surface area (Å²) in [6.45, 7) is 10.5. The van der Waals surface area contributed by atoms with E-state index in [4.69, 9.17) is 17.0 Å². The van der Waals surface area contributed by atoms with E-state index >= 15 is 0 Å². The maximum absolute atomic E-state index is 5.43. The lowest BCUT2D eigenvalue weighted by atomic mass is 9.78. The fourth-order valence-corrected chi connectivity index (χ4v) is 3.41. The zero-order valence-corrected chi connectivity index (χ0v) is 13.7. The van der Waals surface area contributed by atoms with Gasteiger partial charge in [-0.3, -0.25) is 4.90 Å². The predicted octanol–water partition coefficient (Wildman–Crippen LogP) is 1.61. The molecule has 3 atom stereocenters. The average molecular weight is 299 g/mol. The van der Waals surface area contributed by atoms with Crippen molar-refractivity contribution in [2.45, 2.75) is 39.2 Å². The first-order chi connectivity index (χ1) is 9.66. The molecule has 1 saturated carbocycles. The van der Waals surface area contributed by atoms with Crippen molar-refractivity contribution in [3.05, 3.63) is 0 Å². The minimum atomic E-state index is 0.544. The highest BCUT2D eigenvalue weighted by Gasteiger charge is 2.27. The molecule has 1 aliphatic heterocycles. The van der Waals surface area contributed by atoms with Crippen molar-refractivity contribution >= 4 is 17.3 Å². The molecule has 5 heteroatoms. The van der Waals surface area contributed by atoms with E-state index in [1.807, 2.05) is 0 Å². The summed E-state index contributed by atoms with van der Waals surface area (Å²) in [6.07, 6.45) is 3.92. The fraction of sp³-hybridized carbons (Fsp3) is 0.933. The monoisotopic (exact) mass is 299 g/mol. The average Bonchev–Trinajstić information content (AvgIpc) is 2.45. The number of morpholine rings is 1. The molecule has 0 aromatic heterocycles. The van der Waals surface area contributed by atoms with Crippen LogP contribution in [-0.4, -0.2) is 55.4 Å². The third-order valence-corrected chi connectivity index (χ3v) is 5.10. The quantitative estimate of drug-likeness (QED) is 0.771. The number of nitrogens with one attached hydrogen (secondary N) is 2. The standard InChI is InChI=1S/C15H29N3OS/c1-12-4-3-5-14(13(12)2)17-15(20)16-6-7-18-8-10-19-11-9-18/h12-14H,3-11H2,1-2H3,(H2,16,17,20). The lowest BCUT2D eigenvalue weighted by Crippen LogP contribution is -2.49. The number of ether oxygens (including phenoxy) is 1. The Labute approximate surface area is 128 Å². The Bertz CT molecular complexity index is 307. The van der Waals surface area contributed by atoms with Gasteiger partial charge in [-0.05, 0) is 30.5 Å². The highest BCUT2D eigenvalue weighted by molar-refractivity contribution is 7.80. The molecule has 20 heavy (non-hydrogen) atoms. The van der Waals surface area contributed by atoms with Gasteiger partial charge in [0.05, 0.1) is 13.2 Å². The second-order valence-electron chi connectivity index (χ2n) is 6.23. The van der Waals surface area contributed by atoms with Gasteiger partial charge in [-0.25, -0.2) is 0 Å². The van der Waals surface area contributed by atoms with E-state index in [1.165, 1.54) is 19.3 Å². The van der Waals surface area contributed by atoms with Crippen LogP contribution in [-0.2, 0) is 4.74 Å². The Morgan fingerprint density at radius 2 is 2.00 bits per heavy atom. The summed E-state index contributed by atoms with van der Waals surface area (Å²) in [5, 5.41) is 7.69. The molecule has 0 radical (unpaired) electrons. The van der Waals surface area contributed by atoms with Gasteiger partial charge in [0, 0.05) is 32.2 Å². The maximum Gasteiger partial charge on any atom is 0.166 e. The topological polar surface area (TPSA) is 36.5 Å². The molecule has 1 saturated heterocycles. The summed E-state index contributed by atoms with van der Waals surface area (Å²) in [5.74, 6) is 1.51. The maximum atomic E-state index is 5.43.